The Morgan fingerprint density at radius 1 is 0.923 bits per heavy atom. The van der Waals surface area contributed by atoms with Crippen molar-refractivity contribution in [3.63, 3.8) is 0 Å². The largest absolute Gasteiger partial charge is 0.337 e. The number of nitrogens with one attached hydrogen (secondary N) is 2. The molecular formula is C22H23N3O. The van der Waals surface area contributed by atoms with Crippen LogP contribution in [-0.2, 0) is 13.0 Å². The molecular weight excluding hydrogens is 322 g/mol. The van der Waals surface area contributed by atoms with E-state index in [0.717, 1.165) is 37.1 Å². The standard InChI is InChI=1S/C22H23N3O/c26-22(24-21-10-9-17-5-1-3-7-19(17)15-21)23-12-14-25-13-11-18-6-2-4-8-20(18)16-25/h1-10,15H,11-14,16H2,(H2,23,24,26). The molecule has 0 aromatic heterocycles. The number of nitrogens with zero attached hydrogens (tertiary/aromatic N) is 1. The van der Waals surface area contributed by atoms with Crippen LogP contribution in [0.1, 0.15) is 11.1 Å². The molecule has 0 bridgehead atoms. The molecule has 3 aromatic rings. The molecule has 3 aromatic carbocycles. The Morgan fingerprint density at radius 2 is 1.69 bits per heavy atom. The lowest BCUT2D eigenvalue weighted by atomic mass is 10.00. The third kappa shape index (κ3) is 3.86. The molecule has 132 valence electrons. The Hall–Kier alpha value is -2.85. The highest BCUT2D eigenvalue weighted by atomic mass is 16.2. The Labute approximate surface area is 153 Å². The van der Waals surface area contributed by atoms with Crippen molar-refractivity contribution in [3.8, 4) is 0 Å². The minimum Gasteiger partial charge on any atom is -0.337 e. The van der Waals surface area contributed by atoms with Crippen LogP contribution in [0.5, 0.6) is 0 Å². The number of hydrogen-bond acceptors (Lipinski definition) is 2. The van der Waals surface area contributed by atoms with Gasteiger partial charge < -0.3 is 10.6 Å². The van der Waals surface area contributed by atoms with Gasteiger partial charge in [-0.1, -0.05) is 54.6 Å². The minimum atomic E-state index is -0.155. The van der Waals surface area contributed by atoms with Gasteiger partial charge in [0, 0.05) is 31.9 Å². The molecule has 0 spiro atoms. The van der Waals surface area contributed by atoms with Gasteiger partial charge in [0.15, 0.2) is 0 Å². The van der Waals surface area contributed by atoms with Crippen LogP contribution < -0.4 is 10.6 Å². The van der Waals surface area contributed by atoms with Crippen molar-refractivity contribution in [2.75, 3.05) is 25.0 Å². The second-order valence-corrected chi connectivity index (χ2v) is 6.74. The van der Waals surface area contributed by atoms with Crippen LogP contribution in [0.25, 0.3) is 10.8 Å². The van der Waals surface area contributed by atoms with Gasteiger partial charge in [-0.05, 0) is 40.5 Å². The first kappa shape index (κ1) is 16.6. The molecule has 0 unspecified atom stereocenters. The van der Waals surface area contributed by atoms with Gasteiger partial charge in [-0.3, -0.25) is 4.90 Å². The van der Waals surface area contributed by atoms with Gasteiger partial charge >= 0.3 is 6.03 Å². The molecule has 4 heteroatoms. The molecule has 0 aliphatic carbocycles. The molecule has 1 heterocycles. The topological polar surface area (TPSA) is 44.4 Å². The smallest absolute Gasteiger partial charge is 0.319 e. The number of carbonyl (C=O) groups is 1. The second kappa shape index (κ2) is 7.58. The van der Waals surface area contributed by atoms with E-state index < -0.39 is 0 Å². The first-order chi connectivity index (χ1) is 12.8. The summed E-state index contributed by atoms with van der Waals surface area (Å²) in [5, 5.41) is 8.17. The van der Waals surface area contributed by atoms with Crippen molar-refractivity contribution < 1.29 is 4.79 Å². The minimum absolute atomic E-state index is 0.155. The lowest BCUT2D eigenvalue weighted by Gasteiger charge is -2.28. The molecule has 26 heavy (non-hydrogen) atoms. The van der Waals surface area contributed by atoms with Gasteiger partial charge in [-0.15, -0.1) is 0 Å². The van der Waals surface area contributed by atoms with Crippen LogP contribution in [0.2, 0.25) is 0 Å². The summed E-state index contributed by atoms with van der Waals surface area (Å²) in [7, 11) is 0. The maximum Gasteiger partial charge on any atom is 0.319 e. The number of anilines is 1. The molecule has 1 aliphatic rings. The van der Waals surface area contributed by atoms with Crippen molar-refractivity contribution in [3.05, 3.63) is 77.9 Å². The quantitative estimate of drug-likeness (QED) is 0.750. The van der Waals surface area contributed by atoms with E-state index in [4.69, 9.17) is 0 Å². The van der Waals surface area contributed by atoms with E-state index in [2.05, 4.69) is 45.9 Å². The summed E-state index contributed by atoms with van der Waals surface area (Å²) in [4.78, 5) is 14.5. The molecule has 4 nitrogen and oxygen atoms in total. The van der Waals surface area contributed by atoms with E-state index in [9.17, 15) is 4.79 Å². The first-order valence-corrected chi connectivity index (χ1v) is 9.11. The Kier molecular flexibility index (Phi) is 4.84. The molecule has 2 N–H and O–H groups in total. The van der Waals surface area contributed by atoms with Crippen LogP contribution in [0.4, 0.5) is 10.5 Å². The average molecular weight is 345 g/mol. The van der Waals surface area contributed by atoms with Crippen molar-refractivity contribution in [2.45, 2.75) is 13.0 Å². The molecule has 0 atom stereocenters. The number of hydrogen-bond donors (Lipinski definition) is 2. The summed E-state index contributed by atoms with van der Waals surface area (Å²) in [5.74, 6) is 0. The maximum absolute atomic E-state index is 12.1. The predicted octanol–water partition coefficient (Wildman–Crippen LogP) is 4.02. The highest BCUT2D eigenvalue weighted by molar-refractivity contribution is 5.93. The third-order valence-corrected chi connectivity index (χ3v) is 4.93. The fourth-order valence-electron chi connectivity index (χ4n) is 3.51. The van der Waals surface area contributed by atoms with E-state index in [0.29, 0.717) is 6.54 Å². The normalized spacial score (nSPS) is 14.0. The number of rotatable bonds is 4. The first-order valence-electron chi connectivity index (χ1n) is 9.11. The van der Waals surface area contributed by atoms with Gasteiger partial charge in [0.05, 0.1) is 0 Å². The Morgan fingerprint density at radius 3 is 2.58 bits per heavy atom. The van der Waals surface area contributed by atoms with Gasteiger partial charge in [0.2, 0.25) is 0 Å². The van der Waals surface area contributed by atoms with Gasteiger partial charge in [0.25, 0.3) is 0 Å². The van der Waals surface area contributed by atoms with E-state index in [1.807, 2.05) is 36.4 Å². The van der Waals surface area contributed by atoms with E-state index in [1.165, 1.54) is 16.5 Å². The van der Waals surface area contributed by atoms with Crippen molar-refractivity contribution in [2.24, 2.45) is 0 Å². The highest BCUT2D eigenvalue weighted by Gasteiger charge is 2.15. The zero-order chi connectivity index (χ0) is 17.8. The fraction of sp³-hybridized carbons (Fsp3) is 0.227. The summed E-state index contributed by atoms with van der Waals surface area (Å²) in [6.07, 6.45) is 1.08. The molecule has 0 radical (unpaired) electrons. The van der Waals surface area contributed by atoms with E-state index in [-0.39, 0.29) is 6.03 Å². The number of amides is 2. The van der Waals surface area contributed by atoms with E-state index in [1.54, 1.807) is 0 Å². The summed E-state index contributed by atoms with van der Waals surface area (Å²) >= 11 is 0. The Balaban J connectivity index is 1.26. The van der Waals surface area contributed by atoms with Crippen LogP contribution in [0, 0.1) is 0 Å². The van der Waals surface area contributed by atoms with E-state index >= 15 is 0 Å². The lowest BCUT2D eigenvalue weighted by molar-refractivity contribution is 0.239. The van der Waals surface area contributed by atoms with Gasteiger partial charge in [0.1, 0.15) is 0 Å². The zero-order valence-corrected chi connectivity index (χ0v) is 14.7. The van der Waals surface area contributed by atoms with Crippen LogP contribution in [0.3, 0.4) is 0 Å². The number of carbonyl (C=O) groups excluding carboxylic acids is 1. The lowest BCUT2D eigenvalue weighted by Crippen LogP contribution is -2.39. The Bertz CT molecular complexity index is 922. The van der Waals surface area contributed by atoms with Crippen LogP contribution in [0.15, 0.2) is 66.7 Å². The fourth-order valence-corrected chi connectivity index (χ4v) is 3.51. The average Bonchev–Trinajstić information content (AvgIpc) is 2.68. The zero-order valence-electron chi connectivity index (χ0n) is 14.7. The SMILES string of the molecule is O=C(NCCN1CCc2ccccc2C1)Nc1ccc2ccccc2c1. The van der Waals surface area contributed by atoms with Gasteiger partial charge in [-0.25, -0.2) is 4.79 Å². The third-order valence-electron chi connectivity index (χ3n) is 4.93. The van der Waals surface area contributed by atoms with Crippen molar-refractivity contribution >= 4 is 22.5 Å². The van der Waals surface area contributed by atoms with Crippen LogP contribution >= 0.6 is 0 Å². The number of urea groups is 1. The van der Waals surface area contributed by atoms with Crippen molar-refractivity contribution in [1.82, 2.24) is 10.2 Å². The second-order valence-electron chi connectivity index (χ2n) is 6.74. The number of fused-ring (bicyclic) bond motifs is 2. The van der Waals surface area contributed by atoms with Crippen LogP contribution in [-0.4, -0.2) is 30.6 Å². The number of benzene rings is 3. The molecule has 2 amide bonds. The molecule has 1 aliphatic heterocycles. The van der Waals surface area contributed by atoms with Gasteiger partial charge in [-0.2, -0.15) is 0 Å². The highest BCUT2D eigenvalue weighted by Crippen LogP contribution is 2.19. The molecule has 0 saturated heterocycles. The van der Waals surface area contributed by atoms with Crippen molar-refractivity contribution in [1.29, 1.82) is 0 Å². The summed E-state index contributed by atoms with van der Waals surface area (Å²) in [6.45, 7) is 3.51. The molecule has 0 fully saturated rings. The maximum atomic E-state index is 12.1. The monoisotopic (exact) mass is 345 g/mol. The molecule has 4 rings (SSSR count). The summed E-state index contributed by atoms with van der Waals surface area (Å²) in [5.41, 5.74) is 3.67. The molecule has 0 saturated carbocycles. The summed E-state index contributed by atoms with van der Waals surface area (Å²) < 4.78 is 0. The predicted molar refractivity (Wildman–Crippen MR) is 106 cm³/mol. The summed E-state index contributed by atoms with van der Waals surface area (Å²) in [6, 6.07) is 22.5.